The summed E-state index contributed by atoms with van der Waals surface area (Å²) in [6.07, 6.45) is 2.98. The third kappa shape index (κ3) is 2.99. The minimum absolute atomic E-state index is 0.230. The molecule has 0 aliphatic carbocycles. The molecule has 2 aliphatic heterocycles. The van der Waals surface area contributed by atoms with Gasteiger partial charge in [-0.1, -0.05) is 0 Å². The van der Waals surface area contributed by atoms with Gasteiger partial charge in [0.05, 0.1) is 12.0 Å². The number of carbonyl (C=O) groups is 1. The normalized spacial score (nSPS) is 29.2. The van der Waals surface area contributed by atoms with E-state index in [9.17, 15) is 4.79 Å². The second-order valence-electron chi connectivity index (χ2n) is 5.90. The summed E-state index contributed by atoms with van der Waals surface area (Å²) in [5.74, 6) is 0.895. The fourth-order valence-electron chi connectivity index (χ4n) is 2.80. The van der Waals surface area contributed by atoms with Gasteiger partial charge in [-0.25, -0.2) is 0 Å². The fourth-order valence-corrected chi connectivity index (χ4v) is 2.80. The van der Waals surface area contributed by atoms with Gasteiger partial charge in [0.1, 0.15) is 0 Å². The van der Waals surface area contributed by atoms with Crippen LogP contribution in [0, 0.1) is 5.92 Å². The molecule has 2 heterocycles. The number of hydrogen-bond donors (Lipinski definition) is 1. The van der Waals surface area contributed by atoms with Crippen LogP contribution in [0.25, 0.3) is 0 Å². The number of hydrogen-bond acceptors (Lipinski definition) is 3. The van der Waals surface area contributed by atoms with Crippen LogP contribution in [-0.4, -0.2) is 49.2 Å². The molecule has 2 atom stereocenters. The molecule has 0 unspecified atom stereocenters. The molecule has 0 spiro atoms. The maximum atomic E-state index is 12.2. The first-order valence-electron chi connectivity index (χ1n) is 6.58. The van der Waals surface area contributed by atoms with Crippen molar-refractivity contribution in [1.82, 2.24) is 10.2 Å². The van der Waals surface area contributed by atoms with Crippen molar-refractivity contribution in [2.24, 2.45) is 5.92 Å². The number of rotatable bonds is 3. The molecule has 98 valence electrons. The number of methoxy groups -OCH3 is 1. The first-order chi connectivity index (χ1) is 8.02. The van der Waals surface area contributed by atoms with E-state index in [0.29, 0.717) is 18.4 Å². The molecule has 0 aromatic heterocycles. The Kier molecular flexibility index (Phi) is 3.73. The summed E-state index contributed by atoms with van der Waals surface area (Å²) in [6, 6.07) is 0.526. The van der Waals surface area contributed by atoms with Crippen LogP contribution < -0.4 is 5.32 Å². The van der Waals surface area contributed by atoms with Crippen LogP contribution in [-0.2, 0) is 9.53 Å². The van der Waals surface area contributed by atoms with Gasteiger partial charge in [0.25, 0.3) is 0 Å². The molecule has 4 heteroatoms. The number of piperidine rings is 1. The number of amides is 1. The Morgan fingerprint density at radius 1 is 1.47 bits per heavy atom. The molecule has 0 saturated carbocycles. The number of carbonyl (C=O) groups excluding carboxylic acids is 1. The Hall–Kier alpha value is -0.610. The van der Waals surface area contributed by atoms with E-state index in [0.717, 1.165) is 19.6 Å². The summed E-state index contributed by atoms with van der Waals surface area (Å²) >= 11 is 0. The number of likely N-dealkylation sites (tertiary alicyclic amines) is 1. The molecular weight excluding hydrogens is 216 g/mol. The molecular formula is C13H24N2O2. The van der Waals surface area contributed by atoms with Gasteiger partial charge in [-0.15, -0.1) is 0 Å². The highest BCUT2D eigenvalue weighted by Crippen LogP contribution is 2.26. The van der Waals surface area contributed by atoms with E-state index < -0.39 is 0 Å². The monoisotopic (exact) mass is 240 g/mol. The lowest BCUT2D eigenvalue weighted by atomic mass is 9.94. The van der Waals surface area contributed by atoms with Gasteiger partial charge < -0.3 is 15.0 Å². The van der Waals surface area contributed by atoms with Crippen LogP contribution in [0.1, 0.15) is 33.1 Å². The lowest BCUT2D eigenvalue weighted by molar-refractivity contribution is -0.135. The maximum absolute atomic E-state index is 12.2. The van der Waals surface area contributed by atoms with Crippen LogP contribution in [0.5, 0.6) is 0 Å². The fraction of sp³-hybridized carbons (Fsp3) is 0.923. The highest BCUT2D eigenvalue weighted by atomic mass is 16.5. The third-order valence-electron chi connectivity index (χ3n) is 4.08. The molecule has 0 bridgehead atoms. The van der Waals surface area contributed by atoms with Crippen LogP contribution in [0.3, 0.4) is 0 Å². The maximum Gasteiger partial charge on any atom is 0.225 e. The molecule has 2 rings (SSSR count). The van der Waals surface area contributed by atoms with Crippen molar-refractivity contribution < 1.29 is 9.53 Å². The second-order valence-corrected chi connectivity index (χ2v) is 5.90. The molecule has 0 aromatic rings. The Morgan fingerprint density at radius 2 is 2.24 bits per heavy atom. The van der Waals surface area contributed by atoms with Crippen molar-refractivity contribution in [1.29, 1.82) is 0 Å². The van der Waals surface area contributed by atoms with Gasteiger partial charge in [0.15, 0.2) is 0 Å². The standard InChI is InChI=1S/C13H24N2O2/c1-13(2,17-3)7-12(16)15-8-10-5-4-6-14-11(10)9-15/h10-11,14H,4-9H2,1-3H3/t10-,11+/m0/s1. The molecule has 2 saturated heterocycles. The predicted octanol–water partition coefficient (Wildman–Crippen LogP) is 1.01. The second kappa shape index (κ2) is 4.94. The van der Waals surface area contributed by atoms with Crippen molar-refractivity contribution in [3.63, 3.8) is 0 Å². The quantitative estimate of drug-likeness (QED) is 0.800. The molecule has 2 fully saturated rings. The van der Waals surface area contributed by atoms with Crippen molar-refractivity contribution in [3.05, 3.63) is 0 Å². The van der Waals surface area contributed by atoms with Gasteiger partial charge in [-0.2, -0.15) is 0 Å². The minimum Gasteiger partial charge on any atom is -0.378 e. The predicted molar refractivity (Wildman–Crippen MR) is 66.8 cm³/mol. The summed E-state index contributed by atoms with van der Waals surface area (Å²) in [5, 5.41) is 3.52. The van der Waals surface area contributed by atoms with Crippen LogP contribution in [0.2, 0.25) is 0 Å². The first-order valence-corrected chi connectivity index (χ1v) is 6.58. The highest BCUT2D eigenvalue weighted by molar-refractivity contribution is 5.77. The average molecular weight is 240 g/mol. The van der Waals surface area contributed by atoms with Crippen LogP contribution in [0.4, 0.5) is 0 Å². The summed E-state index contributed by atoms with van der Waals surface area (Å²) < 4.78 is 5.32. The molecule has 1 N–H and O–H groups in total. The summed E-state index contributed by atoms with van der Waals surface area (Å²) in [5.41, 5.74) is -0.349. The van der Waals surface area contributed by atoms with Gasteiger partial charge >= 0.3 is 0 Å². The number of nitrogens with zero attached hydrogens (tertiary/aromatic N) is 1. The molecule has 0 aromatic carbocycles. The van der Waals surface area contributed by atoms with E-state index in [2.05, 4.69) is 5.32 Å². The van der Waals surface area contributed by atoms with Crippen LogP contribution in [0.15, 0.2) is 0 Å². The molecule has 1 amide bonds. The Balaban J connectivity index is 1.89. The zero-order valence-electron chi connectivity index (χ0n) is 11.2. The highest BCUT2D eigenvalue weighted by Gasteiger charge is 2.37. The van der Waals surface area contributed by atoms with E-state index in [4.69, 9.17) is 4.74 Å². The summed E-state index contributed by atoms with van der Waals surface area (Å²) in [4.78, 5) is 14.2. The molecule has 0 radical (unpaired) electrons. The lowest BCUT2D eigenvalue weighted by Crippen LogP contribution is -2.41. The van der Waals surface area contributed by atoms with Crippen molar-refractivity contribution in [2.45, 2.75) is 44.8 Å². The van der Waals surface area contributed by atoms with Gasteiger partial charge in [-0.05, 0) is 39.2 Å². The van der Waals surface area contributed by atoms with E-state index in [1.165, 1.54) is 12.8 Å². The van der Waals surface area contributed by atoms with Crippen molar-refractivity contribution in [3.8, 4) is 0 Å². The number of nitrogens with one attached hydrogen (secondary N) is 1. The van der Waals surface area contributed by atoms with Gasteiger partial charge in [-0.3, -0.25) is 4.79 Å². The topological polar surface area (TPSA) is 41.6 Å². The van der Waals surface area contributed by atoms with E-state index in [-0.39, 0.29) is 11.5 Å². The van der Waals surface area contributed by atoms with Gasteiger partial charge in [0, 0.05) is 26.2 Å². The third-order valence-corrected chi connectivity index (χ3v) is 4.08. The molecule has 4 nitrogen and oxygen atoms in total. The lowest BCUT2D eigenvalue weighted by Gasteiger charge is -2.25. The zero-order valence-corrected chi connectivity index (χ0v) is 11.2. The van der Waals surface area contributed by atoms with Crippen molar-refractivity contribution in [2.75, 3.05) is 26.7 Å². The Labute approximate surface area is 104 Å². The zero-order chi connectivity index (χ0) is 12.5. The van der Waals surface area contributed by atoms with E-state index in [1.807, 2.05) is 18.7 Å². The first kappa shape index (κ1) is 12.8. The Bertz CT molecular complexity index is 277. The Morgan fingerprint density at radius 3 is 2.88 bits per heavy atom. The van der Waals surface area contributed by atoms with E-state index in [1.54, 1.807) is 7.11 Å². The smallest absolute Gasteiger partial charge is 0.225 e. The average Bonchev–Trinajstić information content (AvgIpc) is 2.72. The summed E-state index contributed by atoms with van der Waals surface area (Å²) in [6.45, 7) is 6.84. The molecule has 2 aliphatic rings. The largest absolute Gasteiger partial charge is 0.378 e. The minimum atomic E-state index is -0.349. The number of ether oxygens (including phenoxy) is 1. The van der Waals surface area contributed by atoms with E-state index >= 15 is 0 Å². The molecule has 17 heavy (non-hydrogen) atoms. The van der Waals surface area contributed by atoms with Crippen LogP contribution >= 0.6 is 0 Å². The summed E-state index contributed by atoms with van der Waals surface area (Å²) in [7, 11) is 1.67. The SMILES string of the molecule is COC(C)(C)CC(=O)N1C[C@@H]2CCCN[C@@H]2C1. The van der Waals surface area contributed by atoms with Gasteiger partial charge in [0.2, 0.25) is 5.91 Å². The van der Waals surface area contributed by atoms with Crippen molar-refractivity contribution >= 4 is 5.91 Å². The number of fused-ring (bicyclic) bond motifs is 1.